The monoisotopic (exact) mass is 240 g/mol. The number of carbonyl (C=O) groups excluding carboxylic acids is 1. The first-order chi connectivity index (χ1) is 8.20. The first-order valence-electron chi connectivity index (χ1n) is 5.66. The van der Waals surface area contributed by atoms with Crippen LogP contribution in [0.5, 0.6) is 0 Å². The number of nitrogens with zero attached hydrogens (tertiary/aromatic N) is 2. The minimum Gasteiger partial charge on any atom is -0.381 e. The van der Waals surface area contributed by atoms with Crippen LogP contribution >= 0.6 is 0 Å². The van der Waals surface area contributed by atoms with Gasteiger partial charge in [-0.2, -0.15) is 4.98 Å². The minimum absolute atomic E-state index is 0.0266. The van der Waals surface area contributed by atoms with E-state index in [2.05, 4.69) is 10.1 Å². The molecule has 0 saturated carbocycles. The highest BCUT2D eigenvalue weighted by atomic mass is 16.5. The van der Waals surface area contributed by atoms with Gasteiger partial charge in [-0.05, 0) is 6.92 Å². The molecular weight excluding hydrogens is 224 g/mol. The van der Waals surface area contributed by atoms with Crippen molar-refractivity contribution in [3.05, 3.63) is 11.7 Å². The van der Waals surface area contributed by atoms with E-state index >= 15 is 0 Å². The molecule has 1 fully saturated rings. The molecule has 0 N–H and O–H groups in total. The third-order valence-electron chi connectivity index (χ3n) is 2.82. The lowest BCUT2D eigenvalue weighted by atomic mass is 10.0. The van der Waals surface area contributed by atoms with E-state index in [4.69, 9.17) is 14.0 Å². The zero-order valence-electron chi connectivity index (χ0n) is 10.0. The molecule has 6 heteroatoms. The van der Waals surface area contributed by atoms with Crippen LogP contribution in [0.1, 0.15) is 31.0 Å². The molecular formula is C11H16N2O4. The summed E-state index contributed by atoms with van der Waals surface area (Å²) in [4.78, 5) is 15.9. The fourth-order valence-electron chi connectivity index (χ4n) is 1.68. The number of hydrogen-bond acceptors (Lipinski definition) is 6. The van der Waals surface area contributed by atoms with Gasteiger partial charge in [0.05, 0.1) is 19.3 Å². The first-order valence-corrected chi connectivity index (χ1v) is 5.66. The fourth-order valence-corrected chi connectivity index (χ4v) is 1.68. The Labute approximate surface area is 99.3 Å². The standard InChI is InChI=1S/C11H16N2O4/c1-7(15-2)5-10-12-11(17-13-10)8-6-16-4-3-9(8)14/h7-8H,3-6H2,1-2H3. The van der Waals surface area contributed by atoms with Crippen LogP contribution < -0.4 is 0 Å². The van der Waals surface area contributed by atoms with Crippen LogP contribution in [0.25, 0.3) is 0 Å². The van der Waals surface area contributed by atoms with Gasteiger partial charge in [-0.1, -0.05) is 5.16 Å². The van der Waals surface area contributed by atoms with Gasteiger partial charge >= 0.3 is 0 Å². The van der Waals surface area contributed by atoms with Gasteiger partial charge in [0.2, 0.25) is 5.89 Å². The molecule has 2 unspecified atom stereocenters. The predicted molar refractivity (Wildman–Crippen MR) is 57.7 cm³/mol. The van der Waals surface area contributed by atoms with Crippen molar-refractivity contribution in [2.45, 2.75) is 31.8 Å². The number of rotatable bonds is 4. The number of ketones is 1. The Balaban J connectivity index is 2.04. The largest absolute Gasteiger partial charge is 0.381 e. The summed E-state index contributed by atoms with van der Waals surface area (Å²) in [5.41, 5.74) is 0. The molecule has 2 heterocycles. The molecule has 0 radical (unpaired) electrons. The molecule has 2 atom stereocenters. The predicted octanol–water partition coefficient (Wildman–Crippen LogP) is 0.720. The van der Waals surface area contributed by atoms with E-state index in [0.29, 0.717) is 37.8 Å². The van der Waals surface area contributed by atoms with E-state index in [1.807, 2.05) is 6.92 Å². The number of methoxy groups -OCH3 is 1. The number of carbonyl (C=O) groups is 1. The second kappa shape index (κ2) is 5.37. The summed E-state index contributed by atoms with van der Waals surface area (Å²) < 4.78 is 15.5. The Hall–Kier alpha value is -1.27. The molecule has 0 amide bonds. The van der Waals surface area contributed by atoms with E-state index < -0.39 is 5.92 Å². The first kappa shape index (κ1) is 12.2. The maximum absolute atomic E-state index is 11.6. The molecule has 0 aromatic carbocycles. The highest BCUT2D eigenvalue weighted by Gasteiger charge is 2.29. The SMILES string of the molecule is COC(C)Cc1noc(C2COCCC2=O)n1. The van der Waals surface area contributed by atoms with Crippen molar-refractivity contribution in [2.24, 2.45) is 0 Å². The molecule has 0 aliphatic carbocycles. The minimum atomic E-state index is -0.400. The van der Waals surface area contributed by atoms with Gasteiger partial charge in [0.1, 0.15) is 11.7 Å². The van der Waals surface area contributed by atoms with E-state index in [1.54, 1.807) is 7.11 Å². The number of aromatic nitrogens is 2. The summed E-state index contributed by atoms with van der Waals surface area (Å²) in [6, 6.07) is 0. The second-order valence-corrected chi connectivity index (χ2v) is 4.14. The molecule has 1 aromatic heterocycles. The Morgan fingerprint density at radius 1 is 1.59 bits per heavy atom. The van der Waals surface area contributed by atoms with Crippen LogP contribution in [-0.2, 0) is 20.7 Å². The molecule has 1 aromatic rings. The van der Waals surface area contributed by atoms with Crippen LogP contribution in [0.3, 0.4) is 0 Å². The molecule has 1 aliphatic rings. The van der Waals surface area contributed by atoms with E-state index in [0.717, 1.165) is 0 Å². The topological polar surface area (TPSA) is 74.5 Å². The molecule has 0 bridgehead atoms. The van der Waals surface area contributed by atoms with Crippen LogP contribution in [0.2, 0.25) is 0 Å². The average molecular weight is 240 g/mol. The maximum atomic E-state index is 11.6. The Kier molecular flexibility index (Phi) is 3.86. The summed E-state index contributed by atoms with van der Waals surface area (Å²) in [7, 11) is 1.63. The van der Waals surface area contributed by atoms with Crippen molar-refractivity contribution in [3.63, 3.8) is 0 Å². The zero-order chi connectivity index (χ0) is 12.3. The lowest BCUT2D eigenvalue weighted by Gasteiger charge is -2.17. The Morgan fingerprint density at radius 3 is 3.12 bits per heavy atom. The fraction of sp³-hybridized carbons (Fsp3) is 0.727. The van der Waals surface area contributed by atoms with Crippen molar-refractivity contribution in [3.8, 4) is 0 Å². The van der Waals surface area contributed by atoms with Crippen LogP contribution in [0, 0.1) is 0 Å². The molecule has 1 aliphatic heterocycles. The maximum Gasteiger partial charge on any atom is 0.239 e. The molecule has 2 rings (SSSR count). The van der Waals surface area contributed by atoms with Gasteiger partial charge in [-0.3, -0.25) is 4.79 Å². The number of ether oxygens (including phenoxy) is 2. The average Bonchev–Trinajstić information content (AvgIpc) is 2.78. The number of Topliss-reactive ketones (excluding diaryl/α,β-unsaturated/α-hetero) is 1. The molecule has 0 spiro atoms. The van der Waals surface area contributed by atoms with Gasteiger partial charge < -0.3 is 14.0 Å². The second-order valence-electron chi connectivity index (χ2n) is 4.14. The third-order valence-corrected chi connectivity index (χ3v) is 2.82. The van der Waals surface area contributed by atoms with Gasteiger partial charge in [0.25, 0.3) is 0 Å². The summed E-state index contributed by atoms with van der Waals surface area (Å²) in [5.74, 6) is 0.620. The Bertz CT molecular complexity index is 391. The van der Waals surface area contributed by atoms with Crippen LogP contribution in [-0.4, -0.2) is 42.4 Å². The van der Waals surface area contributed by atoms with Crippen molar-refractivity contribution in [1.29, 1.82) is 0 Å². The molecule has 1 saturated heterocycles. The molecule has 94 valence electrons. The summed E-state index contributed by atoms with van der Waals surface area (Å²) in [6.07, 6.45) is 1.01. The van der Waals surface area contributed by atoms with Crippen molar-refractivity contribution < 1.29 is 18.8 Å². The summed E-state index contributed by atoms with van der Waals surface area (Å²) >= 11 is 0. The smallest absolute Gasteiger partial charge is 0.239 e. The normalized spacial score (nSPS) is 22.7. The summed E-state index contributed by atoms with van der Waals surface area (Å²) in [6.45, 7) is 2.74. The van der Waals surface area contributed by atoms with Gasteiger partial charge in [-0.15, -0.1) is 0 Å². The van der Waals surface area contributed by atoms with E-state index in [-0.39, 0.29) is 11.9 Å². The highest BCUT2D eigenvalue weighted by Crippen LogP contribution is 2.21. The lowest BCUT2D eigenvalue weighted by Crippen LogP contribution is -2.25. The van der Waals surface area contributed by atoms with Crippen LogP contribution in [0.15, 0.2) is 4.52 Å². The van der Waals surface area contributed by atoms with E-state index in [1.165, 1.54) is 0 Å². The molecule has 6 nitrogen and oxygen atoms in total. The quantitative estimate of drug-likeness (QED) is 0.772. The summed E-state index contributed by atoms with van der Waals surface area (Å²) in [5, 5.41) is 3.84. The van der Waals surface area contributed by atoms with Crippen molar-refractivity contribution in [2.75, 3.05) is 20.3 Å². The lowest BCUT2D eigenvalue weighted by molar-refractivity contribution is -0.127. The van der Waals surface area contributed by atoms with E-state index in [9.17, 15) is 4.79 Å². The van der Waals surface area contributed by atoms with Gasteiger partial charge in [0, 0.05) is 20.0 Å². The number of hydrogen-bond donors (Lipinski definition) is 0. The van der Waals surface area contributed by atoms with Crippen molar-refractivity contribution in [1.82, 2.24) is 10.1 Å². The third kappa shape index (κ3) is 2.89. The van der Waals surface area contributed by atoms with Gasteiger partial charge in [-0.25, -0.2) is 0 Å². The zero-order valence-corrected chi connectivity index (χ0v) is 10.0. The Morgan fingerprint density at radius 2 is 2.41 bits per heavy atom. The highest BCUT2D eigenvalue weighted by molar-refractivity contribution is 5.85. The van der Waals surface area contributed by atoms with Crippen LogP contribution in [0.4, 0.5) is 0 Å². The van der Waals surface area contributed by atoms with Gasteiger partial charge in [0.15, 0.2) is 5.82 Å². The molecule has 17 heavy (non-hydrogen) atoms. The van der Waals surface area contributed by atoms with Crippen molar-refractivity contribution >= 4 is 5.78 Å².